The minimum absolute atomic E-state index is 0.00864. The second-order valence-corrected chi connectivity index (χ2v) is 9.11. The molecule has 0 radical (unpaired) electrons. The molecular weight excluding hydrogens is 264 g/mol. The molecule has 1 unspecified atom stereocenters. The first-order chi connectivity index (χ1) is 7.76. The third kappa shape index (κ3) is 4.75. The number of sulfone groups is 2. The van der Waals surface area contributed by atoms with Crippen molar-refractivity contribution in [2.75, 3.05) is 23.0 Å². The zero-order valence-corrected chi connectivity index (χ0v) is 11.5. The fourth-order valence-electron chi connectivity index (χ4n) is 1.86. The van der Waals surface area contributed by atoms with E-state index >= 15 is 0 Å². The molecule has 0 spiro atoms. The fraction of sp³-hybridized carbons (Fsp3) is 0.900. The normalized spacial score (nSPS) is 23.7. The molecule has 0 N–H and O–H groups in total. The van der Waals surface area contributed by atoms with Gasteiger partial charge in [0.05, 0.1) is 17.3 Å². The number of carbonyl (C=O) groups is 1. The Bertz CT molecular complexity index is 475. The van der Waals surface area contributed by atoms with Crippen LogP contribution >= 0.6 is 0 Å². The van der Waals surface area contributed by atoms with E-state index in [1.807, 2.05) is 0 Å². The van der Waals surface area contributed by atoms with Crippen LogP contribution in [0.5, 0.6) is 0 Å². The Hall–Kier alpha value is -0.430. The van der Waals surface area contributed by atoms with Gasteiger partial charge < -0.3 is 0 Å². The average molecular weight is 282 g/mol. The van der Waals surface area contributed by atoms with Crippen LogP contribution in [-0.4, -0.2) is 45.6 Å². The molecule has 17 heavy (non-hydrogen) atoms. The van der Waals surface area contributed by atoms with Gasteiger partial charge in [0.2, 0.25) is 0 Å². The van der Waals surface area contributed by atoms with Gasteiger partial charge in [0.25, 0.3) is 0 Å². The lowest BCUT2D eigenvalue weighted by atomic mass is 10.0. The van der Waals surface area contributed by atoms with E-state index in [1.165, 1.54) is 0 Å². The Morgan fingerprint density at radius 1 is 1.35 bits per heavy atom. The van der Waals surface area contributed by atoms with Crippen LogP contribution < -0.4 is 0 Å². The summed E-state index contributed by atoms with van der Waals surface area (Å²) in [5.41, 5.74) is 0. The van der Waals surface area contributed by atoms with E-state index in [1.54, 1.807) is 6.92 Å². The van der Waals surface area contributed by atoms with Gasteiger partial charge in [0.15, 0.2) is 9.84 Å². The van der Waals surface area contributed by atoms with Crippen molar-refractivity contribution in [1.82, 2.24) is 0 Å². The van der Waals surface area contributed by atoms with Crippen molar-refractivity contribution in [2.45, 2.75) is 26.2 Å². The van der Waals surface area contributed by atoms with Gasteiger partial charge in [-0.15, -0.1) is 0 Å². The van der Waals surface area contributed by atoms with E-state index in [2.05, 4.69) is 0 Å². The maximum atomic E-state index is 11.6. The van der Waals surface area contributed by atoms with E-state index in [9.17, 15) is 21.6 Å². The number of rotatable bonds is 6. The van der Waals surface area contributed by atoms with Gasteiger partial charge in [-0.2, -0.15) is 0 Å². The molecule has 0 saturated carbocycles. The van der Waals surface area contributed by atoms with E-state index < -0.39 is 25.6 Å². The van der Waals surface area contributed by atoms with Crippen LogP contribution in [0.1, 0.15) is 26.2 Å². The minimum atomic E-state index is -3.04. The van der Waals surface area contributed by atoms with E-state index in [0.29, 0.717) is 12.8 Å². The van der Waals surface area contributed by atoms with Gasteiger partial charge in [-0.25, -0.2) is 16.8 Å². The predicted octanol–water partition coefficient (Wildman–Crippen LogP) is 0.205. The van der Waals surface area contributed by atoms with Crippen molar-refractivity contribution in [3.63, 3.8) is 0 Å². The number of carbonyl (C=O) groups excluding carboxylic acids is 1. The lowest BCUT2D eigenvalue weighted by molar-refractivity contribution is -0.122. The van der Waals surface area contributed by atoms with Crippen LogP contribution in [0, 0.1) is 5.92 Å². The van der Waals surface area contributed by atoms with Crippen LogP contribution in [0.25, 0.3) is 0 Å². The summed E-state index contributed by atoms with van der Waals surface area (Å²) in [5, 5.41) is 0. The highest BCUT2D eigenvalue weighted by atomic mass is 32.2. The Labute approximate surface area is 102 Å². The van der Waals surface area contributed by atoms with Crippen molar-refractivity contribution in [3.8, 4) is 0 Å². The third-order valence-corrected chi connectivity index (χ3v) is 6.56. The minimum Gasteiger partial charge on any atom is -0.299 e. The van der Waals surface area contributed by atoms with E-state index in [4.69, 9.17) is 0 Å². The maximum Gasteiger partial charge on any atom is 0.151 e. The van der Waals surface area contributed by atoms with Crippen LogP contribution in [0.2, 0.25) is 0 Å². The Morgan fingerprint density at radius 3 is 2.47 bits per heavy atom. The number of hydrogen-bond acceptors (Lipinski definition) is 5. The third-order valence-electron chi connectivity index (χ3n) is 3.01. The molecule has 1 atom stereocenters. The van der Waals surface area contributed by atoms with Gasteiger partial charge in [-0.05, 0) is 12.8 Å². The largest absolute Gasteiger partial charge is 0.299 e. The van der Waals surface area contributed by atoms with Crippen molar-refractivity contribution in [2.24, 2.45) is 5.92 Å². The van der Waals surface area contributed by atoms with Gasteiger partial charge in [-0.3, -0.25) is 4.79 Å². The molecular formula is C10H18O5S2. The molecule has 1 heterocycles. The highest BCUT2D eigenvalue weighted by molar-refractivity contribution is 7.91. The molecule has 1 fully saturated rings. The molecule has 0 aromatic rings. The smallest absolute Gasteiger partial charge is 0.151 e. The highest BCUT2D eigenvalue weighted by Crippen LogP contribution is 2.21. The second kappa shape index (κ2) is 5.48. The Morgan fingerprint density at radius 2 is 2.00 bits per heavy atom. The van der Waals surface area contributed by atoms with Crippen LogP contribution in [-0.2, 0) is 24.5 Å². The molecule has 0 aromatic carbocycles. The topological polar surface area (TPSA) is 85.3 Å². The molecule has 1 saturated heterocycles. The predicted molar refractivity (Wildman–Crippen MR) is 65.3 cm³/mol. The molecule has 0 aliphatic carbocycles. The first-order valence-corrected chi connectivity index (χ1v) is 9.33. The molecule has 7 heteroatoms. The van der Waals surface area contributed by atoms with Crippen molar-refractivity contribution in [1.29, 1.82) is 0 Å². The molecule has 1 rings (SSSR count). The maximum absolute atomic E-state index is 11.6. The number of Topliss-reactive ketones (excluding diaryl/α,β-unsaturated/α-hetero) is 1. The molecule has 1 aliphatic rings. The van der Waals surface area contributed by atoms with Crippen LogP contribution in [0.4, 0.5) is 0 Å². The van der Waals surface area contributed by atoms with Gasteiger partial charge in [0, 0.05) is 18.1 Å². The highest BCUT2D eigenvalue weighted by Gasteiger charge is 2.32. The van der Waals surface area contributed by atoms with Crippen LogP contribution in [0.3, 0.4) is 0 Å². The standard InChI is InChI=1S/C10H18O5S2/c1-2-16(12,13)6-3-4-10(11)9-5-7-17(14,15)8-9/h9H,2-8H2,1H3. The molecule has 100 valence electrons. The van der Waals surface area contributed by atoms with E-state index in [-0.39, 0.29) is 35.2 Å². The average Bonchev–Trinajstić information content (AvgIpc) is 2.58. The summed E-state index contributed by atoms with van der Waals surface area (Å²) in [4.78, 5) is 11.6. The second-order valence-electron chi connectivity index (χ2n) is 4.41. The van der Waals surface area contributed by atoms with Gasteiger partial charge >= 0.3 is 0 Å². The van der Waals surface area contributed by atoms with Crippen LogP contribution in [0.15, 0.2) is 0 Å². The summed E-state index contributed by atoms with van der Waals surface area (Å²) in [6, 6.07) is 0. The zero-order valence-electron chi connectivity index (χ0n) is 9.88. The zero-order chi connectivity index (χ0) is 13.1. The quantitative estimate of drug-likeness (QED) is 0.695. The van der Waals surface area contributed by atoms with Gasteiger partial charge in [-0.1, -0.05) is 6.92 Å². The summed E-state index contributed by atoms with van der Waals surface area (Å²) in [7, 11) is -6.07. The number of ketones is 1. The van der Waals surface area contributed by atoms with Crippen molar-refractivity contribution < 1.29 is 21.6 Å². The summed E-state index contributed by atoms with van der Waals surface area (Å²) in [6.45, 7) is 1.57. The molecule has 5 nitrogen and oxygen atoms in total. The molecule has 1 aliphatic heterocycles. The molecule has 0 bridgehead atoms. The summed E-state index contributed by atoms with van der Waals surface area (Å²) >= 11 is 0. The lowest BCUT2D eigenvalue weighted by Gasteiger charge is -2.06. The Kier molecular flexibility index (Phi) is 4.71. The van der Waals surface area contributed by atoms with E-state index in [0.717, 1.165) is 0 Å². The fourth-order valence-corrected chi connectivity index (χ4v) is 4.51. The Balaban J connectivity index is 2.37. The van der Waals surface area contributed by atoms with Crippen molar-refractivity contribution in [3.05, 3.63) is 0 Å². The summed E-state index contributed by atoms with van der Waals surface area (Å²) in [5.74, 6) is -0.418. The molecule has 0 amide bonds. The molecule has 0 aromatic heterocycles. The SMILES string of the molecule is CCS(=O)(=O)CCCC(=O)C1CCS(=O)(=O)C1. The van der Waals surface area contributed by atoms with Crippen molar-refractivity contribution >= 4 is 25.5 Å². The first kappa shape index (κ1) is 14.6. The monoisotopic (exact) mass is 282 g/mol. The lowest BCUT2D eigenvalue weighted by Crippen LogP contribution is -2.17. The van der Waals surface area contributed by atoms with Gasteiger partial charge in [0.1, 0.15) is 15.6 Å². The summed E-state index contributed by atoms with van der Waals surface area (Å²) in [6.07, 6.45) is 0.854. The first-order valence-electron chi connectivity index (χ1n) is 5.69. The number of hydrogen-bond donors (Lipinski definition) is 0. The summed E-state index contributed by atoms with van der Waals surface area (Å²) < 4.78 is 44.7.